The maximum Gasteiger partial charge on any atom is 0.270 e. The number of anilines is 2. The summed E-state index contributed by atoms with van der Waals surface area (Å²) in [5.41, 5.74) is 3.45. The summed E-state index contributed by atoms with van der Waals surface area (Å²) in [7, 11) is 0. The van der Waals surface area contributed by atoms with Gasteiger partial charge in [-0.25, -0.2) is 9.97 Å². The standard InChI is InChI=1S/C21H21ClN4O/c1-3-26(18-6-4-5-15(2)13-18)21-23-12-11-19(25-21)20(27)24-14-16-7-9-17(22)10-8-16/h4-13H,3,14H2,1-2H3,(H,24,27). The van der Waals surface area contributed by atoms with Crippen molar-refractivity contribution in [3.63, 3.8) is 0 Å². The zero-order valence-corrected chi connectivity index (χ0v) is 16.1. The number of benzene rings is 2. The van der Waals surface area contributed by atoms with Gasteiger partial charge in [0.05, 0.1) is 0 Å². The van der Waals surface area contributed by atoms with Crippen LogP contribution >= 0.6 is 11.6 Å². The van der Waals surface area contributed by atoms with Crippen molar-refractivity contribution in [2.45, 2.75) is 20.4 Å². The summed E-state index contributed by atoms with van der Waals surface area (Å²) < 4.78 is 0. The van der Waals surface area contributed by atoms with E-state index in [1.54, 1.807) is 24.4 Å². The summed E-state index contributed by atoms with van der Waals surface area (Å²) in [4.78, 5) is 23.3. The van der Waals surface area contributed by atoms with Gasteiger partial charge in [-0.2, -0.15) is 0 Å². The molecule has 0 spiro atoms. The smallest absolute Gasteiger partial charge is 0.270 e. The fourth-order valence-corrected chi connectivity index (χ4v) is 2.84. The highest BCUT2D eigenvalue weighted by Gasteiger charge is 2.14. The van der Waals surface area contributed by atoms with E-state index in [9.17, 15) is 4.79 Å². The van der Waals surface area contributed by atoms with Crippen LogP contribution in [-0.2, 0) is 6.54 Å². The highest BCUT2D eigenvalue weighted by Crippen LogP contribution is 2.22. The lowest BCUT2D eigenvalue weighted by molar-refractivity contribution is 0.0946. The van der Waals surface area contributed by atoms with E-state index in [-0.39, 0.29) is 5.91 Å². The van der Waals surface area contributed by atoms with Gasteiger partial charge in [0.25, 0.3) is 5.91 Å². The quantitative estimate of drug-likeness (QED) is 0.682. The number of amides is 1. The molecular formula is C21H21ClN4O. The zero-order chi connectivity index (χ0) is 19.2. The minimum Gasteiger partial charge on any atom is -0.347 e. The molecule has 0 aliphatic heterocycles. The monoisotopic (exact) mass is 380 g/mol. The van der Waals surface area contributed by atoms with Crippen molar-refractivity contribution in [2.75, 3.05) is 11.4 Å². The van der Waals surface area contributed by atoms with Gasteiger partial charge < -0.3 is 10.2 Å². The molecule has 0 radical (unpaired) electrons. The number of aromatic nitrogens is 2. The van der Waals surface area contributed by atoms with Gasteiger partial charge in [-0.3, -0.25) is 4.79 Å². The number of aryl methyl sites for hydroxylation is 1. The van der Waals surface area contributed by atoms with E-state index >= 15 is 0 Å². The van der Waals surface area contributed by atoms with Gasteiger partial charge in [-0.1, -0.05) is 35.9 Å². The molecule has 2 aromatic carbocycles. The van der Waals surface area contributed by atoms with Crippen LogP contribution in [0.2, 0.25) is 5.02 Å². The number of nitrogens with one attached hydrogen (secondary N) is 1. The molecule has 0 aliphatic rings. The maximum atomic E-state index is 12.5. The van der Waals surface area contributed by atoms with Crippen molar-refractivity contribution in [3.8, 4) is 0 Å². The van der Waals surface area contributed by atoms with E-state index in [0.717, 1.165) is 16.8 Å². The molecule has 5 nitrogen and oxygen atoms in total. The lowest BCUT2D eigenvalue weighted by Gasteiger charge is -2.21. The largest absolute Gasteiger partial charge is 0.347 e. The molecule has 0 aliphatic carbocycles. The summed E-state index contributed by atoms with van der Waals surface area (Å²) in [6.07, 6.45) is 1.61. The molecular weight excluding hydrogens is 360 g/mol. The molecule has 1 N–H and O–H groups in total. The van der Waals surface area contributed by atoms with Gasteiger partial charge in [0.2, 0.25) is 5.95 Å². The van der Waals surface area contributed by atoms with E-state index in [1.807, 2.05) is 49.1 Å². The highest BCUT2D eigenvalue weighted by molar-refractivity contribution is 6.30. The normalized spacial score (nSPS) is 10.5. The average molecular weight is 381 g/mol. The van der Waals surface area contributed by atoms with Gasteiger partial charge in [-0.05, 0) is 55.3 Å². The lowest BCUT2D eigenvalue weighted by atomic mass is 10.2. The van der Waals surface area contributed by atoms with Crippen molar-refractivity contribution < 1.29 is 4.79 Å². The molecule has 0 fully saturated rings. The number of halogens is 1. The third-order valence-corrected chi connectivity index (χ3v) is 4.36. The minimum atomic E-state index is -0.242. The topological polar surface area (TPSA) is 58.1 Å². The predicted octanol–water partition coefficient (Wildman–Crippen LogP) is 4.53. The third kappa shape index (κ3) is 4.83. The highest BCUT2D eigenvalue weighted by atomic mass is 35.5. The van der Waals surface area contributed by atoms with Gasteiger partial charge >= 0.3 is 0 Å². The Hall–Kier alpha value is -2.92. The number of hydrogen-bond acceptors (Lipinski definition) is 4. The van der Waals surface area contributed by atoms with Crippen LogP contribution in [0, 0.1) is 6.92 Å². The van der Waals surface area contributed by atoms with Crippen molar-refractivity contribution >= 4 is 29.1 Å². The van der Waals surface area contributed by atoms with E-state index in [1.165, 1.54) is 0 Å². The SMILES string of the molecule is CCN(c1cccc(C)c1)c1nccc(C(=O)NCc2ccc(Cl)cc2)n1. The van der Waals surface area contributed by atoms with Crippen molar-refractivity contribution in [1.82, 2.24) is 15.3 Å². The zero-order valence-electron chi connectivity index (χ0n) is 15.3. The first-order valence-electron chi connectivity index (χ1n) is 8.76. The van der Waals surface area contributed by atoms with Crippen LogP contribution in [0.1, 0.15) is 28.5 Å². The first-order chi connectivity index (χ1) is 13.1. The van der Waals surface area contributed by atoms with Crippen LogP contribution in [0.25, 0.3) is 0 Å². The van der Waals surface area contributed by atoms with Crippen molar-refractivity contribution in [1.29, 1.82) is 0 Å². The fourth-order valence-electron chi connectivity index (χ4n) is 2.72. The second-order valence-electron chi connectivity index (χ2n) is 6.13. The van der Waals surface area contributed by atoms with E-state index in [0.29, 0.717) is 29.8 Å². The van der Waals surface area contributed by atoms with Crippen LogP contribution in [0.5, 0.6) is 0 Å². The minimum absolute atomic E-state index is 0.242. The Morgan fingerprint density at radius 3 is 2.63 bits per heavy atom. The molecule has 0 saturated carbocycles. The number of hydrogen-bond donors (Lipinski definition) is 1. The molecule has 3 aromatic rings. The molecule has 27 heavy (non-hydrogen) atoms. The van der Waals surface area contributed by atoms with Gasteiger partial charge in [0.1, 0.15) is 5.69 Å². The average Bonchev–Trinajstić information content (AvgIpc) is 2.68. The summed E-state index contributed by atoms with van der Waals surface area (Å²) in [6.45, 7) is 5.17. The molecule has 1 amide bonds. The number of nitrogens with zero attached hydrogens (tertiary/aromatic N) is 3. The molecule has 0 saturated heterocycles. The van der Waals surface area contributed by atoms with Crippen LogP contribution in [0.15, 0.2) is 60.8 Å². The second kappa shape index (κ2) is 8.64. The molecule has 1 aromatic heterocycles. The number of carbonyl (C=O) groups is 1. The number of rotatable bonds is 6. The summed E-state index contributed by atoms with van der Waals surface area (Å²) in [5, 5.41) is 3.54. The number of carbonyl (C=O) groups excluding carboxylic acids is 1. The molecule has 0 unspecified atom stereocenters. The molecule has 0 atom stereocenters. The molecule has 0 bridgehead atoms. The summed E-state index contributed by atoms with van der Waals surface area (Å²) in [6, 6.07) is 17.1. The van der Waals surface area contributed by atoms with E-state index in [2.05, 4.69) is 21.4 Å². The maximum absolute atomic E-state index is 12.5. The first kappa shape index (κ1) is 18.9. The fraction of sp³-hybridized carbons (Fsp3) is 0.190. The van der Waals surface area contributed by atoms with Crippen molar-refractivity contribution in [2.24, 2.45) is 0 Å². The Bertz CT molecular complexity index is 927. The van der Waals surface area contributed by atoms with Crippen molar-refractivity contribution in [3.05, 3.63) is 82.6 Å². The molecule has 138 valence electrons. The van der Waals surface area contributed by atoms with Crippen LogP contribution in [0.4, 0.5) is 11.6 Å². The van der Waals surface area contributed by atoms with Gasteiger partial charge in [0, 0.05) is 30.0 Å². The van der Waals surface area contributed by atoms with Gasteiger partial charge in [-0.15, -0.1) is 0 Å². The van der Waals surface area contributed by atoms with Crippen LogP contribution < -0.4 is 10.2 Å². The Balaban J connectivity index is 1.75. The van der Waals surface area contributed by atoms with Crippen LogP contribution in [-0.4, -0.2) is 22.4 Å². The Kier molecular flexibility index (Phi) is 6.04. The molecule has 3 rings (SSSR count). The second-order valence-corrected chi connectivity index (χ2v) is 6.57. The van der Waals surface area contributed by atoms with E-state index in [4.69, 9.17) is 11.6 Å². The van der Waals surface area contributed by atoms with E-state index < -0.39 is 0 Å². The molecule has 1 heterocycles. The Morgan fingerprint density at radius 2 is 1.93 bits per heavy atom. The summed E-state index contributed by atoms with van der Waals surface area (Å²) in [5.74, 6) is 0.260. The van der Waals surface area contributed by atoms with Crippen LogP contribution in [0.3, 0.4) is 0 Å². The molecule has 6 heteroatoms. The Morgan fingerprint density at radius 1 is 1.15 bits per heavy atom. The predicted molar refractivity (Wildman–Crippen MR) is 109 cm³/mol. The lowest BCUT2D eigenvalue weighted by Crippen LogP contribution is -2.25. The Labute approximate surface area is 164 Å². The first-order valence-corrected chi connectivity index (χ1v) is 9.14. The third-order valence-electron chi connectivity index (χ3n) is 4.11. The summed E-state index contributed by atoms with van der Waals surface area (Å²) >= 11 is 5.88. The van der Waals surface area contributed by atoms with Gasteiger partial charge in [0.15, 0.2) is 0 Å².